The van der Waals surface area contributed by atoms with Gasteiger partial charge in [-0.2, -0.15) is 12.7 Å². The van der Waals surface area contributed by atoms with Gasteiger partial charge in [-0.3, -0.25) is 0 Å². The largest absolute Gasteiger partial charge is 0.461 e. The van der Waals surface area contributed by atoms with E-state index in [9.17, 15) is 13.2 Å². The number of rotatable bonds is 6. The fraction of sp³-hybridized carbons (Fsp3) is 0.368. The van der Waals surface area contributed by atoms with Crippen LogP contribution in [0.4, 0.5) is 0 Å². The SMILES string of the molecule is CCOC(=O)c1c(C)c2c3ccccc3nc-2cn1S(=O)(=O)N(CC)CC. The Morgan fingerprint density at radius 2 is 1.85 bits per heavy atom. The van der Waals surface area contributed by atoms with Crippen LogP contribution in [-0.4, -0.2) is 47.3 Å². The predicted octanol–water partition coefficient (Wildman–Crippen LogP) is 3.06. The van der Waals surface area contributed by atoms with Crippen molar-refractivity contribution in [1.29, 1.82) is 0 Å². The summed E-state index contributed by atoms with van der Waals surface area (Å²) in [6.07, 6.45) is 1.42. The fourth-order valence-electron chi connectivity index (χ4n) is 3.35. The zero-order chi connectivity index (χ0) is 19.8. The number of para-hydroxylation sites is 1. The van der Waals surface area contributed by atoms with Crippen LogP contribution in [0, 0.1) is 6.92 Å². The van der Waals surface area contributed by atoms with Crippen LogP contribution in [0.2, 0.25) is 0 Å². The van der Waals surface area contributed by atoms with Crippen LogP contribution in [0.1, 0.15) is 36.8 Å². The van der Waals surface area contributed by atoms with E-state index < -0.39 is 16.2 Å². The van der Waals surface area contributed by atoms with E-state index in [1.807, 2.05) is 24.3 Å². The van der Waals surface area contributed by atoms with Gasteiger partial charge in [0.05, 0.1) is 17.8 Å². The van der Waals surface area contributed by atoms with Crippen molar-refractivity contribution in [2.75, 3.05) is 19.7 Å². The van der Waals surface area contributed by atoms with Gasteiger partial charge in [0, 0.05) is 30.2 Å². The smallest absolute Gasteiger partial charge is 0.356 e. The zero-order valence-corrected chi connectivity index (χ0v) is 16.7. The van der Waals surface area contributed by atoms with Gasteiger partial charge < -0.3 is 4.74 Å². The van der Waals surface area contributed by atoms with E-state index >= 15 is 0 Å². The van der Waals surface area contributed by atoms with Crippen LogP contribution in [0.15, 0.2) is 30.5 Å². The molecule has 0 N–H and O–H groups in total. The summed E-state index contributed by atoms with van der Waals surface area (Å²) in [7, 11) is -3.94. The summed E-state index contributed by atoms with van der Waals surface area (Å²) in [6.45, 7) is 7.68. The highest BCUT2D eigenvalue weighted by molar-refractivity contribution is 7.87. The molecule has 1 aromatic carbocycles. The number of carbonyl (C=O) groups is 1. The van der Waals surface area contributed by atoms with Gasteiger partial charge in [-0.05, 0) is 25.5 Å². The molecule has 0 aromatic heterocycles. The average Bonchev–Trinajstić information content (AvgIpc) is 3.01. The number of benzene rings is 1. The van der Waals surface area contributed by atoms with Crippen LogP contribution >= 0.6 is 0 Å². The molecule has 1 aromatic rings. The van der Waals surface area contributed by atoms with E-state index in [2.05, 4.69) is 4.98 Å². The molecule has 7 nitrogen and oxygen atoms in total. The molecule has 144 valence electrons. The minimum Gasteiger partial charge on any atom is -0.461 e. The molecular weight excluding hydrogens is 366 g/mol. The van der Waals surface area contributed by atoms with E-state index in [0.29, 0.717) is 24.3 Å². The number of carbonyl (C=O) groups excluding carboxylic acids is 1. The topological polar surface area (TPSA) is 81.5 Å². The van der Waals surface area contributed by atoms with Crippen molar-refractivity contribution in [2.24, 2.45) is 0 Å². The number of pyridine rings is 1. The molecule has 0 saturated heterocycles. The van der Waals surface area contributed by atoms with Crippen molar-refractivity contribution in [1.82, 2.24) is 13.3 Å². The van der Waals surface area contributed by atoms with Crippen LogP contribution in [0.25, 0.3) is 22.2 Å². The number of fused-ring (bicyclic) bond motifs is 3. The molecular formula is C19H23N3O4S. The summed E-state index contributed by atoms with van der Waals surface area (Å²) in [5, 5.41) is 0.878. The summed E-state index contributed by atoms with van der Waals surface area (Å²) < 4.78 is 33.9. The number of aromatic nitrogens is 2. The minimum atomic E-state index is -3.94. The molecule has 2 aliphatic rings. The molecule has 0 bridgehead atoms. The van der Waals surface area contributed by atoms with Crippen molar-refractivity contribution in [3.63, 3.8) is 0 Å². The van der Waals surface area contributed by atoms with Gasteiger partial charge in [0.1, 0.15) is 5.69 Å². The lowest BCUT2D eigenvalue weighted by atomic mass is 10.0. The summed E-state index contributed by atoms with van der Waals surface area (Å²) >= 11 is 0. The molecule has 0 radical (unpaired) electrons. The normalized spacial score (nSPS) is 12.2. The maximum absolute atomic E-state index is 13.2. The first-order chi connectivity index (χ1) is 12.9. The van der Waals surface area contributed by atoms with Crippen LogP contribution in [0.5, 0.6) is 0 Å². The molecule has 0 spiro atoms. The Labute approximate surface area is 159 Å². The second-order valence-electron chi connectivity index (χ2n) is 6.10. The van der Waals surface area contributed by atoms with E-state index in [-0.39, 0.29) is 12.3 Å². The first-order valence-electron chi connectivity index (χ1n) is 8.94. The second kappa shape index (κ2) is 7.28. The van der Waals surface area contributed by atoms with Gasteiger partial charge >= 0.3 is 16.2 Å². The maximum Gasteiger partial charge on any atom is 0.356 e. The van der Waals surface area contributed by atoms with Crippen molar-refractivity contribution in [3.8, 4) is 11.3 Å². The monoisotopic (exact) mass is 389 g/mol. The molecule has 0 saturated carbocycles. The third-order valence-electron chi connectivity index (χ3n) is 4.61. The van der Waals surface area contributed by atoms with Crippen molar-refractivity contribution in [2.45, 2.75) is 27.7 Å². The standard InChI is InChI=1S/C19H23N3O4S/c1-5-21(6-2)27(24,25)22-12-16-17(13(4)18(22)19(23)26-7-3)14-10-8-9-11-15(14)20-16/h8-12H,5-7H2,1-4H3. The molecule has 3 rings (SSSR count). The first-order valence-corrected chi connectivity index (χ1v) is 10.3. The Morgan fingerprint density at radius 3 is 2.48 bits per heavy atom. The van der Waals surface area contributed by atoms with Gasteiger partial charge in [0.15, 0.2) is 0 Å². The molecule has 0 aliphatic carbocycles. The Morgan fingerprint density at radius 1 is 1.19 bits per heavy atom. The number of nitrogens with zero attached hydrogens (tertiary/aromatic N) is 3. The first kappa shape index (κ1) is 19.3. The summed E-state index contributed by atoms with van der Waals surface area (Å²) in [5.74, 6) is -0.669. The van der Waals surface area contributed by atoms with Crippen LogP contribution < -0.4 is 0 Å². The number of ether oxygens (including phenoxy) is 1. The molecule has 27 heavy (non-hydrogen) atoms. The van der Waals surface area contributed by atoms with E-state index in [1.165, 1.54) is 10.5 Å². The Balaban J connectivity index is 2.42. The lowest BCUT2D eigenvalue weighted by Crippen LogP contribution is -2.38. The highest BCUT2D eigenvalue weighted by Gasteiger charge is 2.31. The Bertz CT molecular complexity index is 1070. The Kier molecular flexibility index (Phi) is 5.21. The van der Waals surface area contributed by atoms with Gasteiger partial charge in [-0.1, -0.05) is 32.0 Å². The molecule has 2 aliphatic heterocycles. The molecule has 0 amide bonds. The van der Waals surface area contributed by atoms with Crippen molar-refractivity contribution < 1.29 is 17.9 Å². The predicted molar refractivity (Wildman–Crippen MR) is 104 cm³/mol. The average molecular weight is 389 g/mol. The van der Waals surface area contributed by atoms with E-state index in [1.54, 1.807) is 27.7 Å². The zero-order valence-electron chi connectivity index (χ0n) is 15.9. The van der Waals surface area contributed by atoms with Crippen LogP contribution in [0.3, 0.4) is 0 Å². The molecule has 0 atom stereocenters. The molecule has 2 heterocycles. The lowest BCUT2D eigenvalue weighted by Gasteiger charge is -2.24. The summed E-state index contributed by atoms with van der Waals surface area (Å²) in [5.41, 5.74) is 2.59. The maximum atomic E-state index is 13.2. The summed E-state index contributed by atoms with van der Waals surface area (Å²) in [6, 6.07) is 7.54. The van der Waals surface area contributed by atoms with E-state index in [4.69, 9.17) is 4.74 Å². The highest BCUT2D eigenvalue weighted by atomic mass is 32.2. The van der Waals surface area contributed by atoms with Crippen molar-refractivity contribution >= 4 is 27.1 Å². The third kappa shape index (κ3) is 3.08. The fourth-order valence-corrected chi connectivity index (χ4v) is 4.93. The van der Waals surface area contributed by atoms with Gasteiger partial charge in [-0.15, -0.1) is 0 Å². The summed E-state index contributed by atoms with van der Waals surface area (Å²) in [4.78, 5) is 17.2. The second-order valence-corrected chi connectivity index (χ2v) is 7.91. The number of hydrogen-bond acceptors (Lipinski definition) is 5. The van der Waals surface area contributed by atoms with E-state index in [0.717, 1.165) is 20.4 Å². The van der Waals surface area contributed by atoms with Crippen LogP contribution in [-0.2, 0) is 14.9 Å². The Hall–Kier alpha value is -2.45. The van der Waals surface area contributed by atoms with Crippen molar-refractivity contribution in [3.05, 3.63) is 41.7 Å². The molecule has 0 fully saturated rings. The van der Waals surface area contributed by atoms with Gasteiger partial charge in [0.25, 0.3) is 0 Å². The molecule has 0 unspecified atom stereocenters. The number of hydrogen-bond donors (Lipinski definition) is 0. The van der Waals surface area contributed by atoms with Gasteiger partial charge in [-0.25, -0.2) is 13.8 Å². The quantitative estimate of drug-likeness (QED) is 0.605. The molecule has 8 heteroatoms. The highest BCUT2D eigenvalue weighted by Crippen LogP contribution is 2.36. The van der Waals surface area contributed by atoms with Gasteiger partial charge in [0.2, 0.25) is 0 Å². The minimum absolute atomic E-state index is 0.00871. The number of esters is 1. The third-order valence-corrected chi connectivity index (χ3v) is 6.56. The lowest BCUT2D eigenvalue weighted by molar-refractivity contribution is 0.0516.